The minimum Gasteiger partial charge on any atom is -0.494 e. The zero-order valence-electron chi connectivity index (χ0n) is 15.9. The number of piperidine rings is 1. The summed E-state index contributed by atoms with van der Waals surface area (Å²) in [6, 6.07) is 7.49. The van der Waals surface area contributed by atoms with E-state index in [-0.39, 0.29) is 23.9 Å². The monoisotopic (exact) mass is 375 g/mol. The molecule has 0 aliphatic carbocycles. The number of nitrogens with zero attached hydrogens (tertiary/aromatic N) is 1. The minimum atomic E-state index is 0.0337. The van der Waals surface area contributed by atoms with Crippen LogP contribution in [0.5, 0.6) is 5.75 Å². The normalized spacial score (nSPS) is 20.9. The first kappa shape index (κ1) is 19.6. The maximum atomic E-state index is 12.6. The smallest absolute Gasteiger partial charge is 0.253 e. The lowest BCUT2D eigenvalue weighted by Crippen LogP contribution is -2.49. The van der Waals surface area contributed by atoms with Crippen LogP contribution in [0.1, 0.15) is 36.5 Å². The van der Waals surface area contributed by atoms with Crippen molar-refractivity contribution < 1.29 is 19.1 Å². The Balaban J connectivity index is 1.42. The quantitative estimate of drug-likeness (QED) is 0.781. The Labute approximate surface area is 160 Å². The van der Waals surface area contributed by atoms with Gasteiger partial charge < -0.3 is 25.0 Å². The van der Waals surface area contributed by atoms with E-state index in [2.05, 4.69) is 10.6 Å². The second kappa shape index (κ2) is 9.71. The SMILES string of the molecule is CCOc1ccc(C(=O)N2CCC(NC(=O)CC3COCCN3)CC2)cc1. The molecule has 3 rings (SSSR count). The molecular weight excluding hydrogens is 346 g/mol. The lowest BCUT2D eigenvalue weighted by Gasteiger charge is -2.33. The summed E-state index contributed by atoms with van der Waals surface area (Å²) in [5.74, 6) is 0.856. The summed E-state index contributed by atoms with van der Waals surface area (Å²) in [7, 11) is 0. The van der Waals surface area contributed by atoms with Crippen LogP contribution in [-0.2, 0) is 9.53 Å². The second-order valence-electron chi connectivity index (χ2n) is 7.02. The summed E-state index contributed by atoms with van der Waals surface area (Å²) < 4.78 is 10.8. The molecule has 2 N–H and O–H groups in total. The van der Waals surface area contributed by atoms with Gasteiger partial charge in [0, 0.05) is 43.7 Å². The summed E-state index contributed by atoms with van der Waals surface area (Å²) in [5, 5.41) is 6.39. The number of amides is 2. The number of hydrogen-bond donors (Lipinski definition) is 2. The molecule has 1 unspecified atom stereocenters. The Hall–Kier alpha value is -2.12. The van der Waals surface area contributed by atoms with Gasteiger partial charge in [0.1, 0.15) is 5.75 Å². The number of morpholine rings is 1. The maximum Gasteiger partial charge on any atom is 0.253 e. The number of ether oxygens (including phenoxy) is 2. The lowest BCUT2D eigenvalue weighted by molar-refractivity contribution is -0.123. The average molecular weight is 375 g/mol. The van der Waals surface area contributed by atoms with Crippen molar-refractivity contribution in [1.29, 1.82) is 0 Å². The van der Waals surface area contributed by atoms with Crippen LogP contribution in [0.15, 0.2) is 24.3 Å². The fraction of sp³-hybridized carbons (Fsp3) is 0.600. The molecule has 0 bridgehead atoms. The molecule has 7 heteroatoms. The third kappa shape index (κ3) is 5.68. The molecule has 2 heterocycles. The van der Waals surface area contributed by atoms with Crippen LogP contribution in [0.2, 0.25) is 0 Å². The third-order valence-corrected chi connectivity index (χ3v) is 4.99. The van der Waals surface area contributed by atoms with Crippen molar-refractivity contribution in [3.05, 3.63) is 29.8 Å². The molecule has 2 fully saturated rings. The molecule has 1 aromatic carbocycles. The number of nitrogens with one attached hydrogen (secondary N) is 2. The number of carbonyl (C=O) groups excluding carboxylic acids is 2. The van der Waals surface area contributed by atoms with E-state index in [0.717, 1.165) is 25.1 Å². The van der Waals surface area contributed by atoms with Crippen LogP contribution in [0.4, 0.5) is 0 Å². The minimum absolute atomic E-state index is 0.0337. The van der Waals surface area contributed by atoms with E-state index in [9.17, 15) is 9.59 Å². The zero-order valence-corrected chi connectivity index (χ0v) is 15.9. The largest absolute Gasteiger partial charge is 0.494 e. The summed E-state index contributed by atoms with van der Waals surface area (Å²) in [5.41, 5.74) is 0.671. The molecule has 0 aromatic heterocycles. The topological polar surface area (TPSA) is 79.9 Å². The molecule has 2 saturated heterocycles. The Kier molecular flexibility index (Phi) is 7.06. The maximum absolute atomic E-state index is 12.6. The Morgan fingerprint density at radius 2 is 2.00 bits per heavy atom. The summed E-state index contributed by atoms with van der Waals surface area (Å²) >= 11 is 0. The second-order valence-corrected chi connectivity index (χ2v) is 7.02. The first-order valence-corrected chi connectivity index (χ1v) is 9.78. The molecular formula is C20H29N3O4. The van der Waals surface area contributed by atoms with Gasteiger partial charge in [0.25, 0.3) is 5.91 Å². The molecule has 0 radical (unpaired) electrons. The Morgan fingerprint density at radius 3 is 2.63 bits per heavy atom. The van der Waals surface area contributed by atoms with E-state index in [1.165, 1.54) is 0 Å². The molecule has 0 saturated carbocycles. The first-order valence-electron chi connectivity index (χ1n) is 9.78. The van der Waals surface area contributed by atoms with Gasteiger partial charge in [-0.15, -0.1) is 0 Å². The first-order chi connectivity index (χ1) is 13.2. The highest BCUT2D eigenvalue weighted by Crippen LogP contribution is 2.17. The average Bonchev–Trinajstić information content (AvgIpc) is 2.69. The van der Waals surface area contributed by atoms with Crippen molar-refractivity contribution in [3.63, 3.8) is 0 Å². The highest BCUT2D eigenvalue weighted by Gasteiger charge is 2.25. The Morgan fingerprint density at radius 1 is 1.26 bits per heavy atom. The summed E-state index contributed by atoms with van der Waals surface area (Å²) in [6.45, 7) is 5.94. The van der Waals surface area contributed by atoms with Crippen molar-refractivity contribution >= 4 is 11.8 Å². The van der Waals surface area contributed by atoms with Crippen molar-refractivity contribution in [2.24, 2.45) is 0 Å². The van der Waals surface area contributed by atoms with Gasteiger partial charge in [-0.05, 0) is 44.0 Å². The third-order valence-electron chi connectivity index (χ3n) is 4.99. The number of rotatable bonds is 6. The fourth-order valence-electron chi connectivity index (χ4n) is 3.53. The number of hydrogen-bond acceptors (Lipinski definition) is 5. The van der Waals surface area contributed by atoms with Gasteiger partial charge in [0.05, 0.1) is 19.8 Å². The van der Waals surface area contributed by atoms with Crippen molar-refractivity contribution in [1.82, 2.24) is 15.5 Å². The molecule has 2 aliphatic heterocycles. The van der Waals surface area contributed by atoms with Gasteiger partial charge >= 0.3 is 0 Å². The molecule has 2 aliphatic rings. The number of likely N-dealkylation sites (tertiary alicyclic amines) is 1. The van der Waals surface area contributed by atoms with E-state index in [0.29, 0.717) is 44.9 Å². The lowest BCUT2D eigenvalue weighted by atomic mass is 10.0. The van der Waals surface area contributed by atoms with Crippen molar-refractivity contribution in [2.75, 3.05) is 39.5 Å². The molecule has 27 heavy (non-hydrogen) atoms. The number of carbonyl (C=O) groups is 2. The van der Waals surface area contributed by atoms with Crippen molar-refractivity contribution in [2.45, 2.75) is 38.3 Å². The molecule has 148 valence electrons. The zero-order chi connectivity index (χ0) is 19.1. The molecule has 2 amide bonds. The predicted octanol–water partition coefficient (Wildman–Crippen LogP) is 1.18. The summed E-state index contributed by atoms with van der Waals surface area (Å²) in [4.78, 5) is 26.7. The van der Waals surface area contributed by atoms with Crippen LogP contribution in [-0.4, -0.2) is 68.3 Å². The van der Waals surface area contributed by atoms with E-state index in [1.807, 2.05) is 24.0 Å². The molecule has 0 spiro atoms. The molecule has 1 aromatic rings. The van der Waals surface area contributed by atoms with Crippen LogP contribution in [0.25, 0.3) is 0 Å². The molecule has 1 atom stereocenters. The molecule has 7 nitrogen and oxygen atoms in total. The van der Waals surface area contributed by atoms with E-state index in [4.69, 9.17) is 9.47 Å². The van der Waals surface area contributed by atoms with Crippen LogP contribution in [0.3, 0.4) is 0 Å². The van der Waals surface area contributed by atoms with Crippen LogP contribution < -0.4 is 15.4 Å². The summed E-state index contributed by atoms with van der Waals surface area (Å²) in [6.07, 6.45) is 2.00. The van der Waals surface area contributed by atoms with Gasteiger partial charge in [-0.2, -0.15) is 0 Å². The van der Waals surface area contributed by atoms with Gasteiger partial charge in [-0.3, -0.25) is 9.59 Å². The van der Waals surface area contributed by atoms with Gasteiger partial charge in [0.15, 0.2) is 0 Å². The van der Waals surface area contributed by atoms with E-state index in [1.54, 1.807) is 12.1 Å². The van der Waals surface area contributed by atoms with E-state index >= 15 is 0 Å². The highest BCUT2D eigenvalue weighted by molar-refractivity contribution is 5.94. The predicted molar refractivity (Wildman–Crippen MR) is 102 cm³/mol. The van der Waals surface area contributed by atoms with Gasteiger partial charge in [-0.1, -0.05) is 0 Å². The fourth-order valence-corrected chi connectivity index (χ4v) is 3.53. The Bertz CT molecular complexity index is 621. The van der Waals surface area contributed by atoms with E-state index < -0.39 is 0 Å². The van der Waals surface area contributed by atoms with Gasteiger partial charge in [0.2, 0.25) is 5.91 Å². The highest BCUT2D eigenvalue weighted by atomic mass is 16.5. The number of benzene rings is 1. The standard InChI is InChI=1S/C20H29N3O4/c1-2-27-18-5-3-15(4-6-18)20(25)23-10-7-16(8-11-23)22-19(24)13-17-14-26-12-9-21-17/h3-6,16-17,21H,2,7-14H2,1H3,(H,22,24). The van der Waals surface area contributed by atoms with Crippen molar-refractivity contribution in [3.8, 4) is 5.75 Å². The van der Waals surface area contributed by atoms with Gasteiger partial charge in [-0.25, -0.2) is 0 Å². The van der Waals surface area contributed by atoms with Crippen LogP contribution >= 0.6 is 0 Å². The van der Waals surface area contributed by atoms with Crippen LogP contribution in [0, 0.1) is 0 Å².